The maximum Gasteiger partial charge on any atom is 0.0559 e. The fraction of sp³-hybridized carbons (Fsp3) is 0.615. The molecule has 0 atom stereocenters. The van der Waals surface area contributed by atoms with Gasteiger partial charge in [0.1, 0.15) is 0 Å². The fourth-order valence-electron chi connectivity index (χ4n) is 2.54. The van der Waals surface area contributed by atoms with Crippen molar-refractivity contribution in [1.82, 2.24) is 4.98 Å². The van der Waals surface area contributed by atoms with Crippen LogP contribution in [0.3, 0.4) is 0 Å². The Morgan fingerprint density at radius 2 is 2.00 bits per heavy atom. The average Bonchev–Trinajstić information content (AvgIpc) is 2.30. The Bertz CT molecular complexity index is 314. The molecular weight excluding hydrogens is 184 g/mol. The zero-order valence-electron chi connectivity index (χ0n) is 9.66. The lowest BCUT2D eigenvalue weighted by molar-refractivity contribution is 0.348. The summed E-state index contributed by atoms with van der Waals surface area (Å²) < 4.78 is 0. The first kappa shape index (κ1) is 10.5. The second kappa shape index (κ2) is 4.65. The largest absolute Gasteiger partial charge is 0.387 e. The van der Waals surface area contributed by atoms with Gasteiger partial charge in [-0.2, -0.15) is 0 Å². The lowest BCUT2D eigenvalue weighted by Gasteiger charge is -2.27. The van der Waals surface area contributed by atoms with Crippen LogP contribution in [-0.4, -0.2) is 12.0 Å². The Morgan fingerprint density at radius 3 is 2.67 bits per heavy atom. The van der Waals surface area contributed by atoms with Gasteiger partial charge in [0.2, 0.25) is 0 Å². The SMILES string of the molecule is CNc1cnccc1C1CCC(C)CC1. The summed E-state index contributed by atoms with van der Waals surface area (Å²) in [4.78, 5) is 4.16. The van der Waals surface area contributed by atoms with E-state index in [9.17, 15) is 0 Å². The Morgan fingerprint density at radius 1 is 1.27 bits per heavy atom. The lowest BCUT2D eigenvalue weighted by Crippen LogP contribution is -2.12. The highest BCUT2D eigenvalue weighted by Gasteiger charge is 2.21. The average molecular weight is 204 g/mol. The van der Waals surface area contributed by atoms with Gasteiger partial charge in [0.25, 0.3) is 0 Å². The molecule has 0 radical (unpaired) electrons. The van der Waals surface area contributed by atoms with E-state index < -0.39 is 0 Å². The summed E-state index contributed by atoms with van der Waals surface area (Å²) in [6.45, 7) is 2.36. The third-order valence-corrected chi connectivity index (χ3v) is 3.58. The zero-order chi connectivity index (χ0) is 10.7. The van der Waals surface area contributed by atoms with Gasteiger partial charge in [0.15, 0.2) is 0 Å². The van der Waals surface area contributed by atoms with Crippen LogP contribution in [0.2, 0.25) is 0 Å². The summed E-state index contributed by atoms with van der Waals surface area (Å²) in [5.41, 5.74) is 2.66. The standard InChI is InChI=1S/C13H20N2/c1-10-3-5-11(6-4-10)12-7-8-15-9-13(12)14-2/h7-11,14H,3-6H2,1-2H3. The molecule has 1 fully saturated rings. The van der Waals surface area contributed by atoms with Gasteiger partial charge >= 0.3 is 0 Å². The first-order valence-corrected chi connectivity index (χ1v) is 5.93. The molecule has 1 aromatic heterocycles. The molecule has 2 heteroatoms. The van der Waals surface area contributed by atoms with Crippen LogP contribution < -0.4 is 5.32 Å². The summed E-state index contributed by atoms with van der Waals surface area (Å²) in [6.07, 6.45) is 9.26. The molecule has 1 N–H and O–H groups in total. The van der Waals surface area contributed by atoms with E-state index in [0.717, 1.165) is 11.8 Å². The van der Waals surface area contributed by atoms with Gasteiger partial charge in [-0.05, 0) is 36.3 Å². The van der Waals surface area contributed by atoms with Crippen molar-refractivity contribution < 1.29 is 0 Å². The summed E-state index contributed by atoms with van der Waals surface area (Å²) >= 11 is 0. The van der Waals surface area contributed by atoms with Gasteiger partial charge in [0.05, 0.1) is 11.9 Å². The molecule has 2 nitrogen and oxygen atoms in total. The van der Waals surface area contributed by atoms with Crippen LogP contribution in [0.1, 0.15) is 44.1 Å². The number of anilines is 1. The molecule has 1 aliphatic rings. The van der Waals surface area contributed by atoms with Crippen LogP contribution >= 0.6 is 0 Å². The summed E-state index contributed by atoms with van der Waals surface area (Å²) in [6, 6.07) is 2.17. The molecule has 1 aromatic rings. The number of hydrogen-bond acceptors (Lipinski definition) is 2. The predicted octanol–water partition coefficient (Wildman–Crippen LogP) is 3.42. The molecule has 1 aliphatic carbocycles. The molecule has 0 spiro atoms. The molecule has 0 aliphatic heterocycles. The van der Waals surface area contributed by atoms with Crippen LogP contribution in [0.15, 0.2) is 18.5 Å². The minimum absolute atomic E-state index is 0.742. The van der Waals surface area contributed by atoms with E-state index in [-0.39, 0.29) is 0 Å². The molecular formula is C13H20N2. The molecule has 0 bridgehead atoms. The summed E-state index contributed by atoms with van der Waals surface area (Å²) in [7, 11) is 1.98. The van der Waals surface area contributed by atoms with Crippen LogP contribution in [0.5, 0.6) is 0 Å². The van der Waals surface area contributed by atoms with Crippen LogP contribution in [-0.2, 0) is 0 Å². The molecule has 15 heavy (non-hydrogen) atoms. The van der Waals surface area contributed by atoms with Crippen molar-refractivity contribution in [3.05, 3.63) is 24.0 Å². The minimum atomic E-state index is 0.742. The van der Waals surface area contributed by atoms with Gasteiger partial charge in [0, 0.05) is 13.2 Å². The molecule has 0 unspecified atom stereocenters. The Kier molecular flexibility index (Phi) is 3.24. The molecule has 82 valence electrons. The van der Waals surface area contributed by atoms with Crippen molar-refractivity contribution in [3.63, 3.8) is 0 Å². The number of aromatic nitrogens is 1. The molecule has 1 heterocycles. The van der Waals surface area contributed by atoms with E-state index in [4.69, 9.17) is 0 Å². The van der Waals surface area contributed by atoms with Crippen molar-refractivity contribution in [1.29, 1.82) is 0 Å². The molecule has 1 saturated carbocycles. The van der Waals surface area contributed by atoms with Crippen LogP contribution in [0.4, 0.5) is 5.69 Å². The fourth-order valence-corrected chi connectivity index (χ4v) is 2.54. The number of hydrogen-bond donors (Lipinski definition) is 1. The van der Waals surface area contributed by atoms with Gasteiger partial charge < -0.3 is 5.32 Å². The Balaban J connectivity index is 2.15. The second-order valence-electron chi connectivity index (χ2n) is 4.67. The number of nitrogens with zero attached hydrogens (tertiary/aromatic N) is 1. The Hall–Kier alpha value is -1.05. The van der Waals surface area contributed by atoms with Crippen molar-refractivity contribution >= 4 is 5.69 Å². The van der Waals surface area contributed by atoms with Crippen molar-refractivity contribution in [3.8, 4) is 0 Å². The van der Waals surface area contributed by atoms with E-state index in [1.165, 1.54) is 36.9 Å². The molecule has 0 saturated heterocycles. The first-order chi connectivity index (χ1) is 7.31. The predicted molar refractivity (Wildman–Crippen MR) is 64.2 cm³/mol. The molecule has 0 amide bonds. The van der Waals surface area contributed by atoms with Gasteiger partial charge in [-0.15, -0.1) is 0 Å². The maximum absolute atomic E-state index is 4.16. The summed E-state index contributed by atoms with van der Waals surface area (Å²) in [5.74, 6) is 1.66. The van der Waals surface area contributed by atoms with Gasteiger partial charge in [-0.1, -0.05) is 19.8 Å². The zero-order valence-corrected chi connectivity index (χ0v) is 9.66. The second-order valence-corrected chi connectivity index (χ2v) is 4.67. The Labute approximate surface area is 92.1 Å². The number of pyridine rings is 1. The summed E-state index contributed by atoms with van der Waals surface area (Å²) in [5, 5.41) is 3.24. The highest BCUT2D eigenvalue weighted by Crippen LogP contribution is 2.37. The van der Waals surface area contributed by atoms with E-state index in [1.807, 2.05) is 19.4 Å². The highest BCUT2D eigenvalue weighted by molar-refractivity contribution is 5.50. The number of rotatable bonds is 2. The highest BCUT2D eigenvalue weighted by atomic mass is 14.8. The van der Waals surface area contributed by atoms with E-state index >= 15 is 0 Å². The normalized spacial score (nSPS) is 26.3. The quantitative estimate of drug-likeness (QED) is 0.798. The van der Waals surface area contributed by atoms with E-state index in [0.29, 0.717) is 0 Å². The molecule has 0 aromatic carbocycles. The van der Waals surface area contributed by atoms with Gasteiger partial charge in [-0.3, -0.25) is 4.98 Å². The van der Waals surface area contributed by atoms with Gasteiger partial charge in [-0.25, -0.2) is 0 Å². The van der Waals surface area contributed by atoms with Crippen LogP contribution in [0, 0.1) is 5.92 Å². The van der Waals surface area contributed by atoms with Crippen LogP contribution in [0.25, 0.3) is 0 Å². The third kappa shape index (κ3) is 2.31. The first-order valence-electron chi connectivity index (χ1n) is 5.93. The monoisotopic (exact) mass is 204 g/mol. The molecule has 2 rings (SSSR count). The topological polar surface area (TPSA) is 24.9 Å². The smallest absolute Gasteiger partial charge is 0.0559 e. The van der Waals surface area contributed by atoms with E-state index in [1.54, 1.807) is 0 Å². The minimum Gasteiger partial charge on any atom is -0.387 e. The van der Waals surface area contributed by atoms with E-state index in [2.05, 4.69) is 23.3 Å². The number of nitrogens with one attached hydrogen (secondary N) is 1. The van der Waals surface area contributed by atoms with Crippen molar-refractivity contribution in [2.45, 2.75) is 38.5 Å². The maximum atomic E-state index is 4.16. The van der Waals surface area contributed by atoms with Crippen molar-refractivity contribution in [2.75, 3.05) is 12.4 Å². The lowest BCUT2D eigenvalue weighted by atomic mass is 9.79. The van der Waals surface area contributed by atoms with Crippen molar-refractivity contribution in [2.24, 2.45) is 5.92 Å². The third-order valence-electron chi connectivity index (χ3n) is 3.58.